The van der Waals surface area contributed by atoms with Crippen LogP contribution in [-0.4, -0.2) is 24.8 Å². The number of aromatic amines is 3. The standard InChI is InChI=1S/2C5H4N2O3.C3H3N3S3/c2*8-6-3-1-5(2-4-6)7(9)10;7-1-4-2(8)6-3(9)5-1/h2*1-4H;(H3,4,5,6,7,8,9). The van der Waals surface area contributed by atoms with E-state index in [9.17, 15) is 30.6 Å². The average Bonchev–Trinajstić information content (AvgIpc) is 2.62. The second-order valence-corrected chi connectivity index (χ2v) is 5.93. The Bertz CT molecular complexity index is 1010. The van der Waals surface area contributed by atoms with Crippen LogP contribution in [0.2, 0.25) is 0 Å². The third-order valence-electron chi connectivity index (χ3n) is 2.67. The molecule has 3 aromatic heterocycles. The van der Waals surface area contributed by atoms with Gasteiger partial charge in [-0.05, 0) is 36.7 Å². The largest absolute Gasteiger partial charge is 0.619 e. The summed E-state index contributed by atoms with van der Waals surface area (Å²) in [5.74, 6) is 0. The van der Waals surface area contributed by atoms with Gasteiger partial charge in [0.15, 0.2) is 39.1 Å². The maximum atomic E-state index is 10.3. The number of aromatic nitrogens is 5. The predicted octanol–water partition coefficient (Wildman–Crippen LogP) is 2.32. The van der Waals surface area contributed by atoms with Crippen molar-refractivity contribution in [3.05, 3.63) is 94.0 Å². The molecule has 0 unspecified atom stereocenters. The van der Waals surface area contributed by atoms with Crippen molar-refractivity contribution in [1.29, 1.82) is 0 Å². The molecule has 152 valence electrons. The molecular formula is C13H11N7O6S3. The molecule has 0 aliphatic heterocycles. The topological polar surface area (TPSA) is 188 Å². The molecular weight excluding hydrogens is 446 g/mol. The Morgan fingerprint density at radius 2 is 0.897 bits per heavy atom. The van der Waals surface area contributed by atoms with E-state index < -0.39 is 9.85 Å². The van der Waals surface area contributed by atoms with E-state index in [0.717, 1.165) is 49.1 Å². The molecule has 0 aromatic carbocycles. The smallest absolute Gasteiger partial charge is 0.281 e. The first kappa shape index (κ1) is 23.4. The third kappa shape index (κ3) is 9.22. The molecule has 13 nitrogen and oxygen atoms in total. The van der Waals surface area contributed by atoms with Crippen LogP contribution in [0.25, 0.3) is 0 Å². The van der Waals surface area contributed by atoms with Gasteiger partial charge in [0, 0.05) is 0 Å². The number of H-pyrrole nitrogens is 3. The minimum absolute atomic E-state index is 0.0768. The fourth-order valence-corrected chi connectivity index (χ4v) is 2.26. The van der Waals surface area contributed by atoms with Gasteiger partial charge in [-0.3, -0.25) is 20.2 Å². The molecule has 0 fully saturated rings. The number of nitro groups is 2. The van der Waals surface area contributed by atoms with Crippen LogP contribution in [0.4, 0.5) is 11.4 Å². The van der Waals surface area contributed by atoms with Crippen molar-refractivity contribution in [2.75, 3.05) is 0 Å². The van der Waals surface area contributed by atoms with Crippen LogP contribution in [0.1, 0.15) is 0 Å². The maximum absolute atomic E-state index is 10.3. The summed E-state index contributed by atoms with van der Waals surface area (Å²) < 4.78 is 2.33. The Morgan fingerprint density at radius 3 is 1.10 bits per heavy atom. The molecule has 0 aliphatic carbocycles. The zero-order valence-corrected chi connectivity index (χ0v) is 16.5. The maximum Gasteiger partial charge on any atom is 0.281 e. The van der Waals surface area contributed by atoms with E-state index in [1.165, 1.54) is 0 Å². The molecule has 0 aliphatic rings. The van der Waals surface area contributed by atoms with Gasteiger partial charge < -0.3 is 25.4 Å². The second kappa shape index (κ2) is 11.3. The Balaban J connectivity index is 0.000000218. The van der Waals surface area contributed by atoms with Gasteiger partial charge in [-0.1, -0.05) is 0 Å². The first-order valence-corrected chi connectivity index (χ1v) is 8.40. The summed E-state index contributed by atoms with van der Waals surface area (Å²) in [7, 11) is 0. The number of hydrogen-bond donors (Lipinski definition) is 3. The van der Waals surface area contributed by atoms with E-state index in [4.69, 9.17) is 36.7 Å². The molecule has 3 aromatic rings. The fraction of sp³-hybridized carbons (Fsp3) is 0. The highest BCUT2D eigenvalue weighted by Gasteiger charge is 2.04. The third-order valence-corrected chi connectivity index (χ3v) is 3.28. The van der Waals surface area contributed by atoms with Gasteiger partial charge in [-0.25, -0.2) is 0 Å². The summed E-state index contributed by atoms with van der Waals surface area (Å²) in [6.07, 6.45) is 4.33. The number of nitrogens with zero attached hydrogens (tertiary/aromatic N) is 4. The molecule has 16 heteroatoms. The number of nitrogens with one attached hydrogen (secondary N) is 3. The van der Waals surface area contributed by atoms with Gasteiger partial charge in [0.05, 0.1) is 34.1 Å². The Labute approximate surface area is 176 Å². The SMILES string of the molecule is O=[N+]([O-])c1cc[n+]([O-])cc1.O=[N+]([O-])c1cc[n+]([O-])cc1.S=c1[nH]c(=S)[nH]c(=S)[nH]1. The first-order valence-electron chi connectivity index (χ1n) is 7.18. The molecule has 0 saturated carbocycles. The van der Waals surface area contributed by atoms with Gasteiger partial charge >= 0.3 is 0 Å². The van der Waals surface area contributed by atoms with Crippen LogP contribution in [0.3, 0.4) is 0 Å². The van der Waals surface area contributed by atoms with E-state index in [0.29, 0.717) is 23.8 Å². The van der Waals surface area contributed by atoms with Crippen molar-refractivity contribution < 1.29 is 19.3 Å². The quantitative estimate of drug-likeness (QED) is 0.170. The lowest BCUT2D eigenvalue weighted by Crippen LogP contribution is -2.23. The van der Waals surface area contributed by atoms with E-state index >= 15 is 0 Å². The fourth-order valence-electron chi connectivity index (χ4n) is 1.46. The molecule has 0 saturated heterocycles. The number of rotatable bonds is 2. The van der Waals surface area contributed by atoms with E-state index in [-0.39, 0.29) is 11.4 Å². The Hall–Kier alpha value is -3.63. The molecule has 3 N–H and O–H groups in total. The van der Waals surface area contributed by atoms with Crippen molar-refractivity contribution in [2.45, 2.75) is 0 Å². The van der Waals surface area contributed by atoms with Gasteiger partial charge in [-0.2, -0.15) is 9.46 Å². The second-order valence-electron chi connectivity index (χ2n) is 4.71. The Morgan fingerprint density at radius 1 is 0.655 bits per heavy atom. The summed E-state index contributed by atoms with van der Waals surface area (Å²) in [6.45, 7) is 0. The summed E-state index contributed by atoms with van der Waals surface area (Å²) in [4.78, 5) is 26.9. The van der Waals surface area contributed by atoms with Crippen molar-refractivity contribution in [3.8, 4) is 0 Å². The van der Waals surface area contributed by atoms with Crippen LogP contribution >= 0.6 is 36.7 Å². The summed E-state index contributed by atoms with van der Waals surface area (Å²) in [5.41, 5.74) is -0.154. The first-order chi connectivity index (χ1) is 13.6. The minimum Gasteiger partial charge on any atom is -0.619 e. The number of pyridine rings is 2. The van der Waals surface area contributed by atoms with Gasteiger partial charge in [-0.15, -0.1) is 0 Å². The average molecular weight is 457 g/mol. The highest BCUT2D eigenvalue weighted by molar-refractivity contribution is 7.72. The molecule has 0 radical (unpaired) electrons. The van der Waals surface area contributed by atoms with Crippen molar-refractivity contribution >= 4 is 48.0 Å². The lowest BCUT2D eigenvalue weighted by molar-refractivity contribution is -0.606. The van der Waals surface area contributed by atoms with E-state index in [1.54, 1.807) is 0 Å². The van der Waals surface area contributed by atoms with Crippen molar-refractivity contribution in [2.24, 2.45) is 0 Å². The normalized spacial score (nSPS) is 9.24. The highest BCUT2D eigenvalue weighted by atomic mass is 32.1. The zero-order valence-electron chi connectivity index (χ0n) is 14.1. The molecule has 0 atom stereocenters. The molecule has 0 amide bonds. The van der Waals surface area contributed by atoms with Gasteiger partial charge in [0.1, 0.15) is 0 Å². The molecule has 0 spiro atoms. The van der Waals surface area contributed by atoms with Crippen LogP contribution in [0.5, 0.6) is 0 Å². The molecule has 29 heavy (non-hydrogen) atoms. The van der Waals surface area contributed by atoms with Gasteiger partial charge in [0.2, 0.25) is 0 Å². The predicted molar refractivity (Wildman–Crippen MR) is 106 cm³/mol. The summed E-state index contributed by atoms with van der Waals surface area (Å²) in [6, 6.07) is 4.58. The summed E-state index contributed by atoms with van der Waals surface area (Å²) in [5, 5.41) is 40.7. The lowest BCUT2D eigenvalue weighted by Gasteiger charge is -1.91. The number of hydrogen-bond acceptors (Lipinski definition) is 9. The molecule has 3 heterocycles. The van der Waals surface area contributed by atoms with Gasteiger partial charge in [0.25, 0.3) is 11.4 Å². The van der Waals surface area contributed by atoms with E-state index in [1.807, 2.05) is 0 Å². The highest BCUT2D eigenvalue weighted by Crippen LogP contribution is 2.05. The van der Waals surface area contributed by atoms with Crippen LogP contribution < -0.4 is 9.46 Å². The monoisotopic (exact) mass is 457 g/mol. The van der Waals surface area contributed by atoms with E-state index in [2.05, 4.69) is 15.0 Å². The summed E-state index contributed by atoms with van der Waals surface area (Å²) >= 11 is 14.2. The Kier molecular flexibility index (Phi) is 9.10. The van der Waals surface area contributed by atoms with Crippen molar-refractivity contribution in [1.82, 2.24) is 15.0 Å². The van der Waals surface area contributed by atoms with Crippen molar-refractivity contribution in [3.63, 3.8) is 0 Å². The lowest BCUT2D eigenvalue weighted by atomic mass is 10.4. The van der Waals surface area contributed by atoms with Crippen LogP contribution in [-0.2, 0) is 0 Å². The molecule has 3 rings (SSSR count). The zero-order chi connectivity index (χ0) is 22.0. The minimum atomic E-state index is -0.556. The molecule has 0 bridgehead atoms. The van der Waals surface area contributed by atoms with Crippen LogP contribution in [0, 0.1) is 45.0 Å². The van der Waals surface area contributed by atoms with Crippen LogP contribution in [0.15, 0.2) is 49.1 Å².